The number of allylic oxidation sites excluding steroid dienone is 3. The van der Waals surface area contributed by atoms with E-state index in [9.17, 15) is 0 Å². The maximum absolute atomic E-state index is 4.49. The first-order valence-corrected chi connectivity index (χ1v) is 9.16. The van der Waals surface area contributed by atoms with Crippen LogP contribution in [0.25, 0.3) is 16.5 Å². The van der Waals surface area contributed by atoms with Crippen LogP contribution in [0, 0.1) is 0 Å². The Morgan fingerprint density at radius 3 is 2.62 bits per heavy atom. The molecule has 1 heterocycles. The molecular weight excluding hydrogens is 316 g/mol. The Balaban J connectivity index is 1.69. The highest BCUT2D eigenvalue weighted by atomic mass is 15.0. The first-order valence-electron chi connectivity index (χ1n) is 9.16. The lowest BCUT2D eigenvalue weighted by Crippen LogP contribution is -2.32. The van der Waals surface area contributed by atoms with Gasteiger partial charge in [-0.1, -0.05) is 73.3 Å². The topological polar surface area (TPSA) is 27.8 Å². The van der Waals surface area contributed by atoms with E-state index in [0.717, 1.165) is 17.5 Å². The van der Waals surface area contributed by atoms with Crippen molar-refractivity contribution in [3.8, 4) is 0 Å². The Kier molecular flexibility index (Phi) is 4.59. The molecule has 0 radical (unpaired) electrons. The minimum absolute atomic E-state index is 0.0620. The van der Waals surface area contributed by atoms with Crippen molar-refractivity contribution < 1.29 is 0 Å². The minimum atomic E-state index is 0.0620. The third kappa shape index (κ3) is 3.16. The summed E-state index contributed by atoms with van der Waals surface area (Å²) in [6.07, 6.45) is 9.66. The van der Waals surface area contributed by atoms with Crippen molar-refractivity contribution in [2.75, 3.05) is 0 Å². The zero-order chi connectivity index (χ0) is 17.9. The Morgan fingerprint density at radius 1 is 1.08 bits per heavy atom. The number of H-pyrrole nitrogens is 1. The minimum Gasteiger partial charge on any atom is -0.361 e. The number of aromatic nitrogens is 1. The molecule has 1 aromatic heterocycles. The second-order valence-corrected chi connectivity index (χ2v) is 6.88. The van der Waals surface area contributed by atoms with E-state index >= 15 is 0 Å². The molecule has 0 saturated carbocycles. The normalized spacial score (nSPS) is 15.8. The van der Waals surface area contributed by atoms with Gasteiger partial charge in [0.2, 0.25) is 0 Å². The van der Waals surface area contributed by atoms with Gasteiger partial charge in [-0.25, -0.2) is 0 Å². The van der Waals surface area contributed by atoms with Gasteiger partial charge in [-0.05, 0) is 36.1 Å². The molecule has 0 bridgehead atoms. The number of hydrogen-bond donors (Lipinski definition) is 2. The molecule has 0 aliphatic heterocycles. The highest BCUT2D eigenvalue weighted by Crippen LogP contribution is 2.34. The average Bonchev–Trinajstić information content (AvgIpc) is 3.36. The number of rotatable bonds is 6. The summed E-state index contributed by atoms with van der Waals surface area (Å²) < 4.78 is 0. The lowest BCUT2D eigenvalue weighted by Gasteiger charge is -2.26. The van der Waals surface area contributed by atoms with Crippen molar-refractivity contribution >= 4 is 16.5 Å². The maximum Gasteiger partial charge on any atom is 0.0582 e. The predicted molar refractivity (Wildman–Crippen MR) is 111 cm³/mol. The van der Waals surface area contributed by atoms with Gasteiger partial charge in [0.15, 0.2) is 0 Å². The van der Waals surface area contributed by atoms with E-state index in [1.54, 1.807) is 0 Å². The molecule has 26 heavy (non-hydrogen) atoms. The molecule has 0 amide bonds. The third-order valence-corrected chi connectivity index (χ3v) is 5.19. The molecule has 2 heteroatoms. The summed E-state index contributed by atoms with van der Waals surface area (Å²) in [5.74, 6) is 0. The van der Waals surface area contributed by atoms with E-state index < -0.39 is 0 Å². The van der Waals surface area contributed by atoms with E-state index in [1.807, 2.05) is 0 Å². The summed E-state index contributed by atoms with van der Waals surface area (Å²) in [5, 5.41) is 5.02. The molecule has 3 aromatic rings. The Bertz CT molecular complexity index is 976. The van der Waals surface area contributed by atoms with E-state index in [4.69, 9.17) is 0 Å². The van der Waals surface area contributed by atoms with Gasteiger partial charge < -0.3 is 4.98 Å². The first-order chi connectivity index (χ1) is 12.7. The van der Waals surface area contributed by atoms with Gasteiger partial charge in [0.05, 0.1) is 6.04 Å². The van der Waals surface area contributed by atoms with Gasteiger partial charge >= 0.3 is 0 Å². The fourth-order valence-corrected chi connectivity index (χ4v) is 3.68. The standard InChI is InChI=1S/C24H24N2/c1-17(22-16-25-23-15-9-8-14-21(22)23)24(20-12-4-3-5-13-20)26-18(2)19-10-6-7-11-19/h3-10,12-16,18,24-26H,1,11H2,2H3. The Labute approximate surface area is 155 Å². The van der Waals surface area contributed by atoms with Crippen LogP contribution in [-0.2, 0) is 0 Å². The van der Waals surface area contributed by atoms with E-state index in [1.165, 1.54) is 22.1 Å². The fourth-order valence-electron chi connectivity index (χ4n) is 3.68. The Morgan fingerprint density at radius 2 is 1.85 bits per heavy atom. The van der Waals surface area contributed by atoms with Crippen LogP contribution < -0.4 is 5.32 Å². The van der Waals surface area contributed by atoms with Crippen molar-refractivity contribution in [3.63, 3.8) is 0 Å². The smallest absolute Gasteiger partial charge is 0.0582 e. The van der Waals surface area contributed by atoms with E-state index in [2.05, 4.69) is 103 Å². The third-order valence-electron chi connectivity index (χ3n) is 5.19. The molecule has 0 spiro atoms. The van der Waals surface area contributed by atoms with Gasteiger partial charge in [-0.3, -0.25) is 5.32 Å². The monoisotopic (exact) mass is 340 g/mol. The van der Waals surface area contributed by atoms with Crippen LogP contribution in [0.2, 0.25) is 0 Å². The molecule has 2 nitrogen and oxygen atoms in total. The number of para-hydroxylation sites is 1. The largest absolute Gasteiger partial charge is 0.361 e. The summed E-state index contributed by atoms with van der Waals surface area (Å²) in [6.45, 7) is 6.72. The van der Waals surface area contributed by atoms with Crippen LogP contribution in [0.4, 0.5) is 0 Å². The van der Waals surface area contributed by atoms with E-state index in [0.29, 0.717) is 0 Å². The SMILES string of the molecule is C=C(c1c[nH]c2ccccc12)C(NC(C)C1=CC=CC1)c1ccccc1. The van der Waals surface area contributed by atoms with Crippen LogP contribution >= 0.6 is 0 Å². The van der Waals surface area contributed by atoms with Gasteiger partial charge in [-0.2, -0.15) is 0 Å². The Hall–Kier alpha value is -2.84. The summed E-state index contributed by atoms with van der Waals surface area (Å²) in [7, 11) is 0. The second kappa shape index (κ2) is 7.19. The lowest BCUT2D eigenvalue weighted by atomic mass is 9.92. The number of fused-ring (bicyclic) bond motifs is 1. The van der Waals surface area contributed by atoms with Crippen LogP contribution in [-0.4, -0.2) is 11.0 Å². The summed E-state index contributed by atoms with van der Waals surface area (Å²) in [4.78, 5) is 3.37. The predicted octanol–water partition coefficient (Wildman–Crippen LogP) is 5.79. The number of hydrogen-bond acceptors (Lipinski definition) is 1. The molecule has 2 unspecified atom stereocenters. The molecule has 2 atom stereocenters. The summed E-state index contributed by atoms with van der Waals surface area (Å²) >= 11 is 0. The molecule has 2 N–H and O–H groups in total. The molecule has 1 aliphatic rings. The molecule has 130 valence electrons. The second-order valence-electron chi connectivity index (χ2n) is 6.88. The quantitative estimate of drug-likeness (QED) is 0.584. The first kappa shape index (κ1) is 16.6. The fraction of sp³-hybridized carbons (Fsp3) is 0.167. The van der Waals surface area contributed by atoms with Gasteiger partial charge in [-0.15, -0.1) is 0 Å². The van der Waals surface area contributed by atoms with Crippen LogP contribution in [0.1, 0.15) is 30.5 Å². The van der Waals surface area contributed by atoms with Crippen molar-refractivity contribution in [3.05, 3.63) is 102 Å². The lowest BCUT2D eigenvalue weighted by molar-refractivity contribution is 0.561. The van der Waals surface area contributed by atoms with Crippen LogP contribution in [0.15, 0.2) is 91.2 Å². The van der Waals surface area contributed by atoms with Gasteiger partial charge in [0.1, 0.15) is 0 Å². The average molecular weight is 340 g/mol. The number of nitrogens with one attached hydrogen (secondary N) is 2. The van der Waals surface area contributed by atoms with Crippen LogP contribution in [0.3, 0.4) is 0 Å². The van der Waals surface area contributed by atoms with Crippen LogP contribution in [0.5, 0.6) is 0 Å². The highest BCUT2D eigenvalue weighted by Gasteiger charge is 2.22. The zero-order valence-electron chi connectivity index (χ0n) is 15.1. The zero-order valence-corrected chi connectivity index (χ0v) is 15.1. The molecule has 1 aliphatic carbocycles. The van der Waals surface area contributed by atoms with Gasteiger partial charge in [0.25, 0.3) is 0 Å². The molecular formula is C24H24N2. The van der Waals surface area contributed by atoms with E-state index in [-0.39, 0.29) is 12.1 Å². The van der Waals surface area contributed by atoms with Crippen molar-refractivity contribution in [1.82, 2.24) is 10.3 Å². The summed E-state index contributed by atoms with van der Waals surface area (Å²) in [6, 6.07) is 19.3. The highest BCUT2D eigenvalue weighted by molar-refractivity contribution is 5.93. The maximum atomic E-state index is 4.49. The number of benzene rings is 2. The van der Waals surface area contributed by atoms with Gasteiger partial charge in [0, 0.05) is 28.7 Å². The number of aromatic amines is 1. The molecule has 4 rings (SSSR count). The van der Waals surface area contributed by atoms with Crippen molar-refractivity contribution in [2.24, 2.45) is 0 Å². The molecule has 0 saturated heterocycles. The molecule has 2 aromatic carbocycles. The van der Waals surface area contributed by atoms with Crippen molar-refractivity contribution in [1.29, 1.82) is 0 Å². The van der Waals surface area contributed by atoms with Crippen molar-refractivity contribution in [2.45, 2.75) is 25.4 Å². The molecule has 0 fully saturated rings. The summed E-state index contributed by atoms with van der Waals surface area (Å²) in [5.41, 5.74) is 6.06.